The minimum Gasteiger partial charge on any atom is -0.397 e. The molecule has 0 heterocycles. The van der Waals surface area contributed by atoms with Gasteiger partial charge in [-0.05, 0) is 30.7 Å². The van der Waals surface area contributed by atoms with E-state index >= 15 is 0 Å². The van der Waals surface area contributed by atoms with Crippen molar-refractivity contribution in [1.29, 1.82) is 0 Å². The van der Waals surface area contributed by atoms with Crippen LogP contribution in [0.25, 0.3) is 0 Å². The van der Waals surface area contributed by atoms with Crippen molar-refractivity contribution in [3.63, 3.8) is 0 Å². The van der Waals surface area contributed by atoms with Crippen molar-refractivity contribution >= 4 is 17.1 Å². The van der Waals surface area contributed by atoms with E-state index in [-0.39, 0.29) is 5.82 Å². The predicted octanol–water partition coefficient (Wildman–Crippen LogP) is 3.48. The van der Waals surface area contributed by atoms with Gasteiger partial charge in [0.2, 0.25) is 0 Å². The molecule has 0 saturated heterocycles. The topological polar surface area (TPSA) is 29.3 Å². The van der Waals surface area contributed by atoms with Gasteiger partial charge in [-0.25, -0.2) is 4.39 Å². The van der Waals surface area contributed by atoms with Crippen LogP contribution in [0.5, 0.6) is 0 Å². The summed E-state index contributed by atoms with van der Waals surface area (Å²) in [5.74, 6) is -0.252. The van der Waals surface area contributed by atoms with Crippen molar-refractivity contribution in [2.45, 2.75) is 6.92 Å². The lowest BCUT2D eigenvalue weighted by Crippen LogP contribution is -2.14. The lowest BCUT2D eigenvalue weighted by molar-refractivity contribution is 0.627. The first-order chi connectivity index (χ1) is 8.11. The lowest BCUT2D eigenvalue weighted by Gasteiger charge is -2.23. The molecule has 0 bridgehead atoms. The molecule has 0 aliphatic heterocycles. The molecule has 0 radical (unpaired) electrons. The van der Waals surface area contributed by atoms with Crippen LogP contribution in [0, 0.1) is 12.7 Å². The van der Waals surface area contributed by atoms with Gasteiger partial charge in [0, 0.05) is 7.05 Å². The molecule has 0 saturated carbocycles. The van der Waals surface area contributed by atoms with E-state index < -0.39 is 0 Å². The number of benzene rings is 2. The van der Waals surface area contributed by atoms with E-state index in [1.807, 2.05) is 38.2 Å². The van der Waals surface area contributed by atoms with Gasteiger partial charge >= 0.3 is 0 Å². The smallest absolute Gasteiger partial charge is 0.146 e. The molecule has 0 spiro atoms. The van der Waals surface area contributed by atoms with E-state index in [1.54, 1.807) is 17.0 Å². The van der Waals surface area contributed by atoms with Crippen LogP contribution in [-0.4, -0.2) is 7.05 Å². The Hall–Kier alpha value is -2.03. The summed E-state index contributed by atoms with van der Waals surface area (Å²) >= 11 is 0. The minimum absolute atomic E-state index is 0.252. The molecule has 0 aliphatic rings. The molecule has 88 valence electrons. The first-order valence-electron chi connectivity index (χ1n) is 5.44. The zero-order chi connectivity index (χ0) is 12.4. The largest absolute Gasteiger partial charge is 0.397 e. The minimum atomic E-state index is -0.252. The molecule has 2 aromatic carbocycles. The summed E-state index contributed by atoms with van der Waals surface area (Å²) in [6.07, 6.45) is 0. The number of rotatable bonds is 2. The van der Waals surface area contributed by atoms with Gasteiger partial charge in [-0.3, -0.25) is 0 Å². The summed E-state index contributed by atoms with van der Waals surface area (Å²) in [6, 6.07) is 12.3. The molecule has 3 heteroatoms. The summed E-state index contributed by atoms with van der Waals surface area (Å²) in [7, 11) is 1.82. The zero-order valence-corrected chi connectivity index (χ0v) is 9.94. The Morgan fingerprint density at radius 2 is 1.76 bits per heavy atom. The number of nitrogen functional groups attached to an aromatic ring is 1. The second-order valence-corrected chi connectivity index (χ2v) is 4.02. The highest BCUT2D eigenvalue weighted by molar-refractivity contribution is 5.77. The van der Waals surface area contributed by atoms with Crippen molar-refractivity contribution in [1.82, 2.24) is 0 Å². The number of halogens is 1. The van der Waals surface area contributed by atoms with Crippen LogP contribution < -0.4 is 10.6 Å². The van der Waals surface area contributed by atoms with Crippen LogP contribution in [0.1, 0.15) is 5.56 Å². The molecule has 2 N–H and O–H groups in total. The van der Waals surface area contributed by atoms with Gasteiger partial charge in [-0.2, -0.15) is 0 Å². The molecule has 0 aliphatic carbocycles. The van der Waals surface area contributed by atoms with Gasteiger partial charge < -0.3 is 10.6 Å². The molecule has 2 rings (SSSR count). The molecular formula is C14H15FN2. The van der Waals surface area contributed by atoms with Crippen molar-refractivity contribution in [3.8, 4) is 0 Å². The van der Waals surface area contributed by atoms with Crippen LogP contribution in [0.2, 0.25) is 0 Å². The third-order valence-electron chi connectivity index (χ3n) is 2.82. The highest BCUT2D eigenvalue weighted by Crippen LogP contribution is 2.33. The fourth-order valence-electron chi connectivity index (χ4n) is 1.98. The first-order valence-corrected chi connectivity index (χ1v) is 5.44. The highest BCUT2D eigenvalue weighted by Gasteiger charge is 2.13. The maximum absolute atomic E-state index is 13.7. The molecule has 17 heavy (non-hydrogen) atoms. The zero-order valence-electron chi connectivity index (χ0n) is 9.94. The standard InChI is InChI=1S/C14H15FN2/c1-10-6-5-8-12(16)14(10)17(2)13-9-4-3-7-11(13)15/h3-9H,16H2,1-2H3. The summed E-state index contributed by atoms with van der Waals surface area (Å²) in [4.78, 5) is 1.78. The summed E-state index contributed by atoms with van der Waals surface area (Å²) in [5, 5.41) is 0. The van der Waals surface area contributed by atoms with Crippen molar-refractivity contribution in [3.05, 3.63) is 53.8 Å². The van der Waals surface area contributed by atoms with Crippen LogP contribution in [-0.2, 0) is 0 Å². The van der Waals surface area contributed by atoms with E-state index in [1.165, 1.54) is 6.07 Å². The molecule has 0 fully saturated rings. The van der Waals surface area contributed by atoms with Gasteiger partial charge in [0.05, 0.1) is 17.1 Å². The third kappa shape index (κ3) is 2.09. The second kappa shape index (κ2) is 4.45. The predicted molar refractivity (Wildman–Crippen MR) is 70.1 cm³/mol. The molecule has 2 aromatic rings. The summed E-state index contributed by atoms with van der Waals surface area (Å²) in [5.41, 5.74) is 8.99. The van der Waals surface area contributed by atoms with Crippen LogP contribution >= 0.6 is 0 Å². The van der Waals surface area contributed by atoms with Crippen molar-refractivity contribution in [2.24, 2.45) is 0 Å². The molecule has 0 unspecified atom stereocenters. The Morgan fingerprint density at radius 1 is 1.06 bits per heavy atom. The highest BCUT2D eigenvalue weighted by atomic mass is 19.1. The van der Waals surface area contributed by atoms with E-state index in [2.05, 4.69) is 0 Å². The van der Waals surface area contributed by atoms with Crippen LogP contribution in [0.4, 0.5) is 21.5 Å². The number of hydrogen-bond acceptors (Lipinski definition) is 2. The number of anilines is 3. The van der Waals surface area contributed by atoms with Crippen molar-refractivity contribution < 1.29 is 4.39 Å². The fraction of sp³-hybridized carbons (Fsp3) is 0.143. The Morgan fingerprint density at radius 3 is 2.41 bits per heavy atom. The number of hydrogen-bond donors (Lipinski definition) is 1. The Balaban J connectivity index is 2.51. The van der Waals surface area contributed by atoms with Crippen LogP contribution in [0.3, 0.4) is 0 Å². The molecule has 0 aromatic heterocycles. The summed E-state index contributed by atoms with van der Waals surface area (Å²) < 4.78 is 13.7. The molecule has 0 atom stereocenters. The van der Waals surface area contributed by atoms with Gasteiger partial charge in [-0.15, -0.1) is 0 Å². The number of nitrogens with zero attached hydrogens (tertiary/aromatic N) is 1. The van der Waals surface area contributed by atoms with Gasteiger partial charge in [0.1, 0.15) is 5.82 Å². The van der Waals surface area contributed by atoms with Gasteiger partial charge in [-0.1, -0.05) is 24.3 Å². The van der Waals surface area contributed by atoms with Crippen molar-refractivity contribution in [2.75, 3.05) is 17.7 Å². The average molecular weight is 230 g/mol. The Labute approximate surface area is 100 Å². The maximum atomic E-state index is 13.7. The fourth-order valence-corrected chi connectivity index (χ4v) is 1.98. The van der Waals surface area contributed by atoms with Gasteiger partial charge in [0.15, 0.2) is 0 Å². The van der Waals surface area contributed by atoms with E-state index in [4.69, 9.17) is 5.73 Å². The number of aryl methyl sites for hydroxylation is 1. The monoisotopic (exact) mass is 230 g/mol. The van der Waals surface area contributed by atoms with E-state index in [0.29, 0.717) is 11.4 Å². The number of nitrogens with two attached hydrogens (primary N) is 1. The SMILES string of the molecule is Cc1cccc(N)c1N(C)c1ccccc1F. The molecule has 0 amide bonds. The first kappa shape index (κ1) is 11.5. The third-order valence-corrected chi connectivity index (χ3v) is 2.82. The molecule has 2 nitrogen and oxygen atoms in total. The Kier molecular flexibility index (Phi) is 3.00. The van der Waals surface area contributed by atoms with E-state index in [0.717, 1.165) is 11.3 Å². The van der Waals surface area contributed by atoms with Crippen LogP contribution in [0.15, 0.2) is 42.5 Å². The number of para-hydroxylation sites is 2. The average Bonchev–Trinajstić information content (AvgIpc) is 2.29. The maximum Gasteiger partial charge on any atom is 0.146 e. The second-order valence-electron chi connectivity index (χ2n) is 4.02. The normalized spacial score (nSPS) is 10.3. The van der Waals surface area contributed by atoms with E-state index in [9.17, 15) is 4.39 Å². The summed E-state index contributed by atoms with van der Waals surface area (Å²) in [6.45, 7) is 1.96. The molecular weight excluding hydrogens is 215 g/mol. The Bertz CT molecular complexity index is 517. The lowest BCUT2D eigenvalue weighted by atomic mass is 10.1. The van der Waals surface area contributed by atoms with Gasteiger partial charge in [0.25, 0.3) is 0 Å². The quantitative estimate of drug-likeness (QED) is 0.800.